The number of carbonyl (C=O) groups is 1. The highest BCUT2D eigenvalue weighted by molar-refractivity contribution is 5.78. The van der Waals surface area contributed by atoms with Crippen molar-refractivity contribution in [2.75, 3.05) is 32.8 Å². The first-order chi connectivity index (χ1) is 11.4. The zero-order valence-electron chi connectivity index (χ0n) is 13.5. The number of carbonyl (C=O) groups excluding carboxylic acids is 1. The Morgan fingerprint density at radius 3 is 2.71 bits per heavy atom. The number of amides is 1. The van der Waals surface area contributed by atoms with Crippen molar-refractivity contribution >= 4 is 5.91 Å². The van der Waals surface area contributed by atoms with Crippen LogP contribution in [0.2, 0.25) is 0 Å². The number of hydrogen-bond donors (Lipinski definition) is 2. The van der Waals surface area contributed by atoms with E-state index in [0.29, 0.717) is 13.1 Å². The molecule has 4 nitrogen and oxygen atoms in total. The minimum absolute atomic E-state index is 0.0252. The van der Waals surface area contributed by atoms with Gasteiger partial charge < -0.3 is 10.4 Å². The number of rotatable bonds is 7. The maximum absolute atomic E-state index is 12.6. The second-order valence-corrected chi connectivity index (χ2v) is 5.16. The third-order valence-corrected chi connectivity index (χ3v) is 3.12. The molecule has 0 saturated carbocycles. The number of halogens is 3. The van der Waals surface area contributed by atoms with Crippen LogP contribution in [0.3, 0.4) is 0 Å². The summed E-state index contributed by atoms with van der Waals surface area (Å²) >= 11 is 0. The lowest BCUT2D eigenvalue weighted by Crippen LogP contribution is -2.39. The van der Waals surface area contributed by atoms with E-state index in [-0.39, 0.29) is 31.2 Å². The number of benzene rings is 1. The van der Waals surface area contributed by atoms with Gasteiger partial charge in [-0.2, -0.15) is 13.2 Å². The molecule has 7 heteroatoms. The fourth-order valence-electron chi connectivity index (χ4n) is 2.05. The van der Waals surface area contributed by atoms with E-state index in [1.165, 1.54) is 12.1 Å². The van der Waals surface area contributed by atoms with E-state index in [2.05, 4.69) is 17.2 Å². The fourth-order valence-corrected chi connectivity index (χ4v) is 2.05. The Labute approximate surface area is 139 Å². The summed E-state index contributed by atoms with van der Waals surface area (Å²) < 4.78 is 37.7. The second-order valence-electron chi connectivity index (χ2n) is 5.16. The summed E-state index contributed by atoms with van der Waals surface area (Å²) in [5, 5.41) is 11.5. The van der Waals surface area contributed by atoms with Crippen molar-refractivity contribution < 1.29 is 23.1 Å². The Morgan fingerprint density at radius 1 is 1.33 bits per heavy atom. The molecule has 24 heavy (non-hydrogen) atoms. The van der Waals surface area contributed by atoms with Gasteiger partial charge in [0.15, 0.2) is 0 Å². The van der Waals surface area contributed by atoms with Crippen LogP contribution in [0.1, 0.15) is 24.5 Å². The molecule has 0 aliphatic rings. The van der Waals surface area contributed by atoms with Crippen LogP contribution in [-0.4, -0.2) is 48.7 Å². The molecule has 1 amide bonds. The molecule has 0 aliphatic carbocycles. The van der Waals surface area contributed by atoms with E-state index >= 15 is 0 Å². The lowest BCUT2D eigenvalue weighted by Gasteiger charge is -2.19. The van der Waals surface area contributed by atoms with Crippen molar-refractivity contribution in [3.8, 4) is 11.8 Å². The molecule has 0 heterocycles. The van der Waals surface area contributed by atoms with Crippen LogP contribution in [0.5, 0.6) is 0 Å². The van der Waals surface area contributed by atoms with E-state index in [0.717, 1.165) is 18.6 Å². The number of hydrogen-bond acceptors (Lipinski definition) is 3. The van der Waals surface area contributed by atoms with Gasteiger partial charge >= 0.3 is 6.18 Å². The molecule has 1 rings (SSSR count). The largest absolute Gasteiger partial charge is 0.416 e. The van der Waals surface area contributed by atoms with E-state index in [1.807, 2.05) is 11.8 Å². The van der Waals surface area contributed by atoms with Gasteiger partial charge in [0.2, 0.25) is 5.91 Å². The van der Waals surface area contributed by atoms with Gasteiger partial charge in [-0.25, -0.2) is 0 Å². The normalized spacial score (nSPS) is 11.1. The summed E-state index contributed by atoms with van der Waals surface area (Å²) in [7, 11) is 0. The first-order valence-electron chi connectivity index (χ1n) is 7.63. The van der Waals surface area contributed by atoms with Gasteiger partial charge in [0.25, 0.3) is 0 Å². The predicted octanol–water partition coefficient (Wildman–Crippen LogP) is 1.88. The molecular formula is C17H21F3N2O2. The van der Waals surface area contributed by atoms with Crippen molar-refractivity contribution in [2.45, 2.75) is 19.5 Å². The van der Waals surface area contributed by atoms with E-state index in [1.54, 1.807) is 0 Å². The standard InChI is InChI=1S/C17H21F3N2O2/c1-2-9-22(10-11-23)13-16(24)21-8-4-6-14-5-3-7-15(12-14)17(18,19)20/h3,5,7,12,23H,2,8-11,13H2,1H3,(H,21,24). The number of alkyl halides is 3. The van der Waals surface area contributed by atoms with E-state index in [4.69, 9.17) is 5.11 Å². The van der Waals surface area contributed by atoms with Crippen LogP contribution in [-0.2, 0) is 11.0 Å². The number of aliphatic hydroxyl groups is 1. The zero-order chi connectivity index (χ0) is 18.0. The zero-order valence-corrected chi connectivity index (χ0v) is 13.5. The lowest BCUT2D eigenvalue weighted by molar-refractivity contribution is -0.137. The van der Waals surface area contributed by atoms with Crippen LogP contribution >= 0.6 is 0 Å². The van der Waals surface area contributed by atoms with Crippen LogP contribution in [0, 0.1) is 11.8 Å². The Kier molecular flexibility index (Phi) is 8.30. The van der Waals surface area contributed by atoms with Gasteiger partial charge in [-0.15, -0.1) is 0 Å². The Hall–Kier alpha value is -2.04. The third-order valence-electron chi connectivity index (χ3n) is 3.12. The van der Waals surface area contributed by atoms with Crippen molar-refractivity contribution in [3.05, 3.63) is 35.4 Å². The summed E-state index contributed by atoms with van der Waals surface area (Å²) in [6.45, 7) is 3.26. The van der Waals surface area contributed by atoms with Gasteiger partial charge in [0, 0.05) is 12.1 Å². The Bertz CT molecular complexity index is 585. The van der Waals surface area contributed by atoms with Crippen molar-refractivity contribution in [2.24, 2.45) is 0 Å². The van der Waals surface area contributed by atoms with E-state index in [9.17, 15) is 18.0 Å². The van der Waals surface area contributed by atoms with Crippen molar-refractivity contribution in [1.82, 2.24) is 10.2 Å². The predicted molar refractivity (Wildman–Crippen MR) is 85.1 cm³/mol. The first-order valence-corrected chi connectivity index (χ1v) is 7.63. The number of nitrogens with zero attached hydrogens (tertiary/aromatic N) is 1. The molecule has 0 radical (unpaired) electrons. The number of aliphatic hydroxyl groups excluding tert-OH is 1. The molecule has 0 spiro atoms. The molecule has 0 atom stereocenters. The molecule has 0 saturated heterocycles. The van der Waals surface area contributed by atoms with Crippen LogP contribution < -0.4 is 5.32 Å². The quantitative estimate of drug-likeness (QED) is 0.744. The third kappa shape index (κ3) is 7.49. The first kappa shape index (κ1) is 20.0. The summed E-state index contributed by atoms with van der Waals surface area (Å²) in [6, 6.07) is 4.73. The van der Waals surface area contributed by atoms with Crippen molar-refractivity contribution in [3.63, 3.8) is 0 Å². The fraction of sp³-hybridized carbons (Fsp3) is 0.471. The van der Waals surface area contributed by atoms with Gasteiger partial charge in [-0.3, -0.25) is 9.69 Å². The maximum atomic E-state index is 12.6. The molecule has 1 aromatic carbocycles. The van der Waals surface area contributed by atoms with Gasteiger partial charge in [0.1, 0.15) is 0 Å². The average Bonchev–Trinajstić information content (AvgIpc) is 2.51. The SMILES string of the molecule is CCCN(CCO)CC(=O)NCC#Cc1cccc(C(F)(F)F)c1. The highest BCUT2D eigenvalue weighted by atomic mass is 19.4. The smallest absolute Gasteiger partial charge is 0.395 e. The second kappa shape index (κ2) is 9.96. The molecule has 1 aromatic rings. The molecule has 0 unspecified atom stereocenters. The minimum atomic E-state index is -4.40. The maximum Gasteiger partial charge on any atom is 0.416 e. The summed E-state index contributed by atoms with van der Waals surface area (Å²) in [4.78, 5) is 13.6. The summed E-state index contributed by atoms with van der Waals surface area (Å²) in [5.41, 5.74) is -0.510. The molecule has 0 bridgehead atoms. The lowest BCUT2D eigenvalue weighted by atomic mass is 10.1. The molecule has 0 fully saturated rings. The highest BCUT2D eigenvalue weighted by Gasteiger charge is 2.30. The number of nitrogens with one attached hydrogen (secondary N) is 1. The molecule has 2 N–H and O–H groups in total. The van der Waals surface area contributed by atoms with Gasteiger partial charge in [-0.1, -0.05) is 24.8 Å². The molecule has 0 aliphatic heterocycles. The van der Waals surface area contributed by atoms with E-state index < -0.39 is 11.7 Å². The summed E-state index contributed by atoms with van der Waals surface area (Å²) in [5.74, 6) is 4.99. The monoisotopic (exact) mass is 342 g/mol. The Balaban J connectivity index is 2.50. The van der Waals surface area contributed by atoms with Crippen molar-refractivity contribution in [1.29, 1.82) is 0 Å². The van der Waals surface area contributed by atoms with Gasteiger partial charge in [0.05, 0.1) is 25.3 Å². The van der Waals surface area contributed by atoms with Gasteiger partial charge in [-0.05, 0) is 31.2 Å². The van der Waals surface area contributed by atoms with Crippen LogP contribution in [0.15, 0.2) is 24.3 Å². The highest BCUT2D eigenvalue weighted by Crippen LogP contribution is 2.29. The summed E-state index contributed by atoms with van der Waals surface area (Å²) in [6.07, 6.45) is -3.54. The topological polar surface area (TPSA) is 52.6 Å². The molecular weight excluding hydrogens is 321 g/mol. The Morgan fingerprint density at radius 2 is 2.08 bits per heavy atom. The van der Waals surface area contributed by atoms with Crippen LogP contribution in [0.4, 0.5) is 13.2 Å². The average molecular weight is 342 g/mol. The molecule has 0 aromatic heterocycles. The van der Waals surface area contributed by atoms with Crippen LogP contribution in [0.25, 0.3) is 0 Å². The molecule has 132 valence electrons. The minimum Gasteiger partial charge on any atom is -0.395 e.